The summed E-state index contributed by atoms with van der Waals surface area (Å²) >= 11 is 1.47. The molecule has 0 spiro atoms. The minimum absolute atomic E-state index is 0.128. The van der Waals surface area contributed by atoms with Crippen LogP contribution in [0.3, 0.4) is 0 Å². The van der Waals surface area contributed by atoms with Gasteiger partial charge >= 0.3 is 5.97 Å². The zero-order valence-corrected chi connectivity index (χ0v) is 12.9. The molecule has 0 aromatic carbocycles. The first kappa shape index (κ1) is 15.3. The number of thioether (sulfide) groups is 1. The minimum atomic E-state index is -0.917. The number of likely N-dealkylation sites (N-methyl/N-ethyl adjacent to an activating group) is 1. The van der Waals surface area contributed by atoms with Crippen LogP contribution in [0.1, 0.15) is 21.6 Å². The van der Waals surface area contributed by atoms with Crippen LogP contribution >= 0.6 is 11.8 Å². The second-order valence-electron chi connectivity index (χ2n) is 5.13. The van der Waals surface area contributed by atoms with Crippen molar-refractivity contribution in [3.8, 4) is 0 Å². The summed E-state index contributed by atoms with van der Waals surface area (Å²) in [5.74, 6) is -0.195. The topological polar surface area (TPSA) is 62.7 Å². The van der Waals surface area contributed by atoms with E-state index in [9.17, 15) is 9.90 Å². The highest BCUT2D eigenvalue weighted by molar-refractivity contribution is 7.99. The summed E-state index contributed by atoms with van der Waals surface area (Å²) in [6.07, 6.45) is 0.128. The van der Waals surface area contributed by atoms with E-state index in [2.05, 4.69) is 16.9 Å². The molecule has 1 aliphatic rings. The quantitative estimate of drug-likeness (QED) is 0.855. The molecule has 1 aromatic heterocycles. The molecule has 0 bridgehead atoms. The molecule has 0 amide bonds. The van der Waals surface area contributed by atoms with Crippen LogP contribution in [0.5, 0.6) is 0 Å². The third-order valence-corrected chi connectivity index (χ3v) is 4.38. The van der Waals surface area contributed by atoms with E-state index < -0.39 is 5.97 Å². The molecule has 110 valence electrons. The molecule has 0 saturated carbocycles. The molecule has 2 heterocycles. The molecule has 2 rings (SSSR count). The van der Waals surface area contributed by atoms with Crippen LogP contribution in [-0.2, 0) is 4.74 Å². The third kappa shape index (κ3) is 3.71. The van der Waals surface area contributed by atoms with Gasteiger partial charge in [-0.2, -0.15) is 0 Å². The molecule has 6 heteroatoms. The third-order valence-electron chi connectivity index (χ3n) is 3.27. The van der Waals surface area contributed by atoms with E-state index in [0.717, 1.165) is 36.7 Å². The van der Waals surface area contributed by atoms with E-state index in [-0.39, 0.29) is 6.10 Å². The van der Waals surface area contributed by atoms with Gasteiger partial charge in [0.1, 0.15) is 5.03 Å². The number of hydrogen-bond donors (Lipinski definition) is 1. The number of carboxylic acids is 1. The molecule has 5 nitrogen and oxygen atoms in total. The highest BCUT2D eigenvalue weighted by atomic mass is 32.2. The second-order valence-corrected chi connectivity index (χ2v) is 6.14. The number of carbonyl (C=O) groups is 1. The summed E-state index contributed by atoms with van der Waals surface area (Å²) in [6, 6.07) is 1.80. The SMILES string of the molecule is Cc1cc(C)c(C(=O)O)c(SCC2CN(C)CCO2)n1. The Morgan fingerprint density at radius 2 is 2.35 bits per heavy atom. The van der Waals surface area contributed by atoms with Crippen molar-refractivity contribution in [3.63, 3.8) is 0 Å². The molecular formula is C14H20N2O3S. The number of aromatic carboxylic acids is 1. The first-order valence-corrected chi connectivity index (χ1v) is 7.60. The van der Waals surface area contributed by atoms with Crippen molar-refractivity contribution in [2.75, 3.05) is 32.5 Å². The lowest BCUT2D eigenvalue weighted by Gasteiger charge is -2.29. The number of aryl methyl sites for hydroxylation is 2. The van der Waals surface area contributed by atoms with E-state index >= 15 is 0 Å². The van der Waals surface area contributed by atoms with Crippen LogP contribution in [0.25, 0.3) is 0 Å². The number of ether oxygens (including phenoxy) is 1. The van der Waals surface area contributed by atoms with Gasteiger partial charge in [0, 0.05) is 24.5 Å². The van der Waals surface area contributed by atoms with Crippen LogP contribution < -0.4 is 0 Å². The summed E-state index contributed by atoms with van der Waals surface area (Å²) in [5.41, 5.74) is 1.91. The summed E-state index contributed by atoms with van der Waals surface area (Å²) in [6.45, 7) is 6.25. The zero-order chi connectivity index (χ0) is 14.7. The molecule has 1 saturated heterocycles. The lowest BCUT2D eigenvalue weighted by atomic mass is 10.1. The Kier molecular flexibility index (Phi) is 5.01. The predicted molar refractivity (Wildman–Crippen MR) is 78.6 cm³/mol. The van der Waals surface area contributed by atoms with Gasteiger partial charge in [-0.05, 0) is 32.5 Å². The van der Waals surface area contributed by atoms with E-state index in [0.29, 0.717) is 10.6 Å². The fourth-order valence-corrected chi connectivity index (χ4v) is 3.45. The lowest BCUT2D eigenvalue weighted by Crippen LogP contribution is -2.41. The maximum atomic E-state index is 11.4. The van der Waals surface area contributed by atoms with Gasteiger partial charge in [0.15, 0.2) is 0 Å². The monoisotopic (exact) mass is 296 g/mol. The maximum absolute atomic E-state index is 11.4. The average molecular weight is 296 g/mol. The molecule has 1 atom stereocenters. The standard InChI is InChI=1S/C14H20N2O3S/c1-9-6-10(2)15-13(12(9)14(17)18)20-8-11-7-16(3)4-5-19-11/h6,11H,4-5,7-8H2,1-3H3,(H,17,18). The number of pyridine rings is 1. The first-order chi connectivity index (χ1) is 9.47. The Labute approximate surface area is 123 Å². The van der Waals surface area contributed by atoms with E-state index in [1.165, 1.54) is 11.8 Å². The second kappa shape index (κ2) is 6.56. The summed E-state index contributed by atoms with van der Waals surface area (Å²) in [5, 5.41) is 9.91. The molecule has 1 fully saturated rings. The zero-order valence-electron chi connectivity index (χ0n) is 12.0. The van der Waals surface area contributed by atoms with Crippen molar-refractivity contribution in [1.29, 1.82) is 0 Å². The van der Waals surface area contributed by atoms with Gasteiger partial charge in [-0.3, -0.25) is 0 Å². The summed E-state index contributed by atoms with van der Waals surface area (Å²) in [4.78, 5) is 18.0. The highest BCUT2D eigenvalue weighted by Gasteiger charge is 2.21. The first-order valence-electron chi connectivity index (χ1n) is 6.62. The van der Waals surface area contributed by atoms with Crippen molar-refractivity contribution in [3.05, 3.63) is 22.9 Å². The van der Waals surface area contributed by atoms with Gasteiger partial charge in [0.05, 0.1) is 18.3 Å². The van der Waals surface area contributed by atoms with Crippen LogP contribution in [-0.4, -0.2) is 59.6 Å². The van der Waals surface area contributed by atoms with E-state index in [4.69, 9.17) is 4.74 Å². The largest absolute Gasteiger partial charge is 0.478 e. The summed E-state index contributed by atoms with van der Waals surface area (Å²) in [7, 11) is 2.07. The Hall–Kier alpha value is -1.11. The van der Waals surface area contributed by atoms with Crippen LogP contribution in [0.4, 0.5) is 0 Å². The van der Waals surface area contributed by atoms with Crippen molar-refractivity contribution >= 4 is 17.7 Å². The van der Waals surface area contributed by atoms with Gasteiger partial charge in [-0.1, -0.05) is 0 Å². The minimum Gasteiger partial charge on any atom is -0.478 e. The van der Waals surface area contributed by atoms with Crippen LogP contribution in [0, 0.1) is 13.8 Å². The van der Waals surface area contributed by atoms with Crippen molar-refractivity contribution in [1.82, 2.24) is 9.88 Å². The molecule has 1 aliphatic heterocycles. The molecule has 0 radical (unpaired) electrons. The van der Waals surface area contributed by atoms with Crippen LogP contribution in [0.2, 0.25) is 0 Å². The number of morpholine rings is 1. The number of hydrogen-bond acceptors (Lipinski definition) is 5. The molecule has 1 aromatic rings. The van der Waals surface area contributed by atoms with Crippen molar-refractivity contribution < 1.29 is 14.6 Å². The smallest absolute Gasteiger partial charge is 0.338 e. The van der Waals surface area contributed by atoms with E-state index in [1.807, 2.05) is 13.8 Å². The molecule has 0 aliphatic carbocycles. The maximum Gasteiger partial charge on any atom is 0.338 e. The number of rotatable bonds is 4. The van der Waals surface area contributed by atoms with Gasteiger partial charge in [-0.25, -0.2) is 9.78 Å². The van der Waals surface area contributed by atoms with Gasteiger partial charge in [0.25, 0.3) is 0 Å². The van der Waals surface area contributed by atoms with Crippen molar-refractivity contribution in [2.45, 2.75) is 25.0 Å². The van der Waals surface area contributed by atoms with Crippen LogP contribution in [0.15, 0.2) is 11.1 Å². The number of carboxylic acid groups (broad SMARTS) is 1. The Balaban J connectivity index is 2.10. The molecule has 20 heavy (non-hydrogen) atoms. The molecule has 1 unspecified atom stereocenters. The lowest BCUT2D eigenvalue weighted by molar-refractivity contribution is -0.00600. The normalized spacial score (nSPS) is 20.1. The van der Waals surface area contributed by atoms with Gasteiger partial charge in [0.2, 0.25) is 0 Å². The Bertz CT molecular complexity index is 507. The highest BCUT2D eigenvalue weighted by Crippen LogP contribution is 2.26. The predicted octanol–water partition coefficient (Wildman–Crippen LogP) is 1.82. The van der Waals surface area contributed by atoms with E-state index in [1.54, 1.807) is 6.07 Å². The fraction of sp³-hybridized carbons (Fsp3) is 0.571. The Morgan fingerprint density at radius 3 is 3.00 bits per heavy atom. The average Bonchev–Trinajstić information content (AvgIpc) is 2.35. The Morgan fingerprint density at radius 1 is 1.60 bits per heavy atom. The molecule has 1 N–H and O–H groups in total. The molecular weight excluding hydrogens is 276 g/mol. The van der Waals surface area contributed by atoms with Gasteiger partial charge < -0.3 is 14.7 Å². The fourth-order valence-electron chi connectivity index (χ4n) is 2.31. The van der Waals surface area contributed by atoms with Gasteiger partial charge in [-0.15, -0.1) is 11.8 Å². The number of aromatic nitrogens is 1. The summed E-state index contributed by atoms with van der Waals surface area (Å²) < 4.78 is 5.69. The van der Waals surface area contributed by atoms with Crippen molar-refractivity contribution in [2.24, 2.45) is 0 Å². The number of nitrogens with zero attached hydrogens (tertiary/aromatic N) is 2.